The van der Waals surface area contributed by atoms with Gasteiger partial charge in [-0.3, -0.25) is 9.59 Å². The monoisotopic (exact) mass is 266 g/mol. The van der Waals surface area contributed by atoms with Crippen molar-refractivity contribution in [2.45, 2.75) is 19.3 Å². The van der Waals surface area contributed by atoms with Crippen molar-refractivity contribution in [3.8, 4) is 5.88 Å². The highest BCUT2D eigenvalue weighted by Gasteiger charge is 2.11. The van der Waals surface area contributed by atoms with Gasteiger partial charge >= 0.3 is 5.97 Å². The SMILES string of the molecule is COC(=O)CCCCNC(=O)c1cccnc1OC. The van der Waals surface area contributed by atoms with Crippen molar-refractivity contribution in [1.29, 1.82) is 0 Å². The molecule has 0 saturated heterocycles. The van der Waals surface area contributed by atoms with Crippen LogP contribution in [0.1, 0.15) is 29.6 Å². The van der Waals surface area contributed by atoms with E-state index < -0.39 is 0 Å². The summed E-state index contributed by atoms with van der Waals surface area (Å²) in [5, 5.41) is 2.75. The second kappa shape index (κ2) is 8.07. The number of ether oxygens (including phenoxy) is 2. The van der Waals surface area contributed by atoms with Crippen LogP contribution >= 0.6 is 0 Å². The molecular weight excluding hydrogens is 248 g/mol. The number of carbonyl (C=O) groups is 2. The Bertz CT molecular complexity index is 434. The van der Waals surface area contributed by atoms with Crippen molar-refractivity contribution in [2.24, 2.45) is 0 Å². The molecule has 6 nitrogen and oxygen atoms in total. The zero-order valence-corrected chi connectivity index (χ0v) is 11.1. The smallest absolute Gasteiger partial charge is 0.305 e. The molecule has 0 unspecified atom stereocenters. The number of carbonyl (C=O) groups excluding carboxylic acids is 2. The highest BCUT2D eigenvalue weighted by Crippen LogP contribution is 2.12. The second-order valence-corrected chi connectivity index (χ2v) is 3.85. The fourth-order valence-corrected chi connectivity index (χ4v) is 1.52. The molecule has 6 heteroatoms. The number of unbranched alkanes of at least 4 members (excludes halogenated alkanes) is 1. The Morgan fingerprint density at radius 3 is 2.79 bits per heavy atom. The van der Waals surface area contributed by atoms with Gasteiger partial charge in [0, 0.05) is 19.2 Å². The molecule has 1 rings (SSSR count). The quantitative estimate of drug-likeness (QED) is 0.592. The van der Waals surface area contributed by atoms with Gasteiger partial charge in [0.1, 0.15) is 5.56 Å². The molecule has 0 spiro atoms. The average Bonchev–Trinajstić information content (AvgIpc) is 2.46. The van der Waals surface area contributed by atoms with Crippen molar-refractivity contribution in [3.63, 3.8) is 0 Å². The zero-order valence-electron chi connectivity index (χ0n) is 11.1. The van der Waals surface area contributed by atoms with Crippen LogP contribution in [0.25, 0.3) is 0 Å². The van der Waals surface area contributed by atoms with Crippen LogP contribution in [0.5, 0.6) is 5.88 Å². The van der Waals surface area contributed by atoms with E-state index in [0.29, 0.717) is 37.3 Å². The summed E-state index contributed by atoms with van der Waals surface area (Å²) in [6.45, 7) is 0.494. The van der Waals surface area contributed by atoms with Crippen LogP contribution in [0.2, 0.25) is 0 Å². The number of hydrogen-bond acceptors (Lipinski definition) is 5. The Morgan fingerprint density at radius 1 is 1.32 bits per heavy atom. The van der Waals surface area contributed by atoms with Crippen LogP contribution in [0.4, 0.5) is 0 Å². The van der Waals surface area contributed by atoms with E-state index >= 15 is 0 Å². The second-order valence-electron chi connectivity index (χ2n) is 3.85. The molecule has 0 aliphatic carbocycles. The van der Waals surface area contributed by atoms with E-state index in [1.165, 1.54) is 14.2 Å². The Hall–Kier alpha value is -2.11. The molecule has 0 atom stereocenters. The predicted octanol–water partition coefficient (Wildman–Crippen LogP) is 1.16. The van der Waals surface area contributed by atoms with E-state index in [0.717, 1.165) is 0 Å². The molecule has 1 aromatic rings. The molecule has 0 radical (unpaired) electrons. The molecule has 0 fully saturated rings. The summed E-state index contributed by atoms with van der Waals surface area (Å²) in [7, 11) is 2.83. The maximum absolute atomic E-state index is 11.9. The third kappa shape index (κ3) is 4.95. The van der Waals surface area contributed by atoms with Crippen LogP contribution in [-0.4, -0.2) is 37.6 Å². The summed E-state index contributed by atoms with van der Waals surface area (Å²) in [5.41, 5.74) is 0.401. The number of pyridine rings is 1. The number of nitrogens with zero attached hydrogens (tertiary/aromatic N) is 1. The lowest BCUT2D eigenvalue weighted by atomic mass is 10.2. The van der Waals surface area contributed by atoms with Gasteiger partial charge in [-0.2, -0.15) is 0 Å². The molecular formula is C13H18N2O4. The minimum absolute atomic E-state index is 0.233. The topological polar surface area (TPSA) is 77.5 Å². The van der Waals surface area contributed by atoms with E-state index in [1.54, 1.807) is 18.3 Å². The Morgan fingerprint density at radius 2 is 2.11 bits per heavy atom. The summed E-state index contributed by atoms with van der Waals surface area (Å²) in [6.07, 6.45) is 3.31. The molecule has 0 aliphatic rings. The van der Waals surface area contributed by atoms with Crippen molar-refractivity contribution < 1.29 is 19.1 Å². The van der Waals surface area contributed by atoms with Gasteiger partial charge < -0.3 is 14.8 Å². The van der Waals surface area contributed by atoms with Crippen molar-refractivity contribution in [3.05, 3.63) is 23.9 Å². The third-order valence-electron chi connectivity index (χ3n) is 2.53. The van der Waals surface area contributed by atoms with Gasteiger partial charge in [0.05, 0.1) is 14.2 Å². The lowest BCUT2D eigenvalue weighted by molar-refractivity contribution is -0.140. The summed E-state index contributed by atoms with van der Waals surface area (Å²) in [6, 6.07) is 3.32. The molecule has 104 valence electrons. The number of hydrogen-bond donors (Lipinski definition) is 1. The minimum atomic E-state index is -0.236. The van der Waals surface area contributed by atoms with E-state index in [9.17, 15) is 9.59 Å². The zero-order chi connectivity index (χ0) is 14.1. The Balaban J connectivity index is 2.33. The van der Waals surface area contributed by atoms with Gasteiger partial charge in [0.2, 0.25) is 5.88 Å². The summed E-state index contributed by atoms with van der Waals surface area (Å²) in [4.78, 5) is 26.7. The first-order chi connectivity index (χ1) is 9.19. The molecule has 1 N–H and O–H groups in total. The molecule has 1 amide bonds. The Kier molecular flexibility index (Phi) is 6.35. The number of nitrogens with one attached hydrogen (secondary N) is 1. The fourth-order valence-electron chi connectivity index (χ4n) is 1.52. The first-order valence-electron chi connectivity index (χ1n) is 6.03. The fraction of sp³-hybridized carbons (Fsp3) is 0.462. The Labute approximate surface area is 112 Å². The molecule has 1 aromatic heterocycles. The summed E-state index contributed by atoms with van der Waals surface area (Å²) < 4.78 is 9.53. The van der Waals surface area contributed by atoms with E-state index in [4.69, 9.17) is 4.74 Å². The van der Waals surface area contributed by atoms with Gasteiger partial charge in [0.15, 0.2) is 0 Å². The predicted molar refractivity (Wildman–Crippen MR) is 69.0 cm³/mol. The van der Waals surface area contributed by atoms with Gasteiger partial charge in [-0.05, 0) is 25.0 Å². The average molecular weight is 266 g/mol. The van der Waals surface area contributed by atoms with E-state index in [2.05, 4.69) is 15.0 Å². The van der Waals surface area contributed by atoms with Crippen LogP contribution < -0.4 is 10.1 Å². The highest BCUT2D eigenvalue weighted by atomic mass is 16.5. The molecule has 0 bridgehead atoms. The largest absolute Gasteiger partial charge is 0.480 e. The highest BCUT2D eigenvalue weighted by molar-refractivity contribution is 5.96. The molecule has 0 aliphatic heterocycles. The third-order valence-corrected chi connectivity index (χ3v) is 2.53. The van der Waals surface area contributed by atoms with Crippen molar-refractivity contribution in [2.75, 3.05) is 20.8 Å². The lowest BCUT2D eigenvalue weighted by Gasteiger charge is -2.07. The van der Waals surface area contributed by atoms with Gasteiger partial charge in [-0.1, -0.05) is 0 Å². The number of rotatable bonds is 7. The normalized spacial score (nSPS) is 9.79. The maximum Gasteiger partial charge on any atom is 0.305 e. The standard InChI is InChI=1S/C13H18N2O4/c1-18-11(16)7-3-4-8-14-12(17)10-6-5-9-15-13(10)19-2/h5-6,9H,3-4,7-8H2,1-2H3,(H,14,17). The lowest BCUT2D eigenvalue weighted by Crippen LogP contribution is -2.25. The van der Waals surface area contributed by atoms with Gasteiger partial charge in [-0.25, -0.2) is 4.98 Å². The summed E-state index contributed by atoms with van der Waals surface area (Å²) in [5.74, 6) is -0.169. The van der Waals surface area contributed by atoms with E-state index in [-0.39, 0.29) is 11.9 Å². The van der Waals surface area contributed by atoms with Crippen molar-refractivity contribution in [1.82, 2.24) is 10.3 Å². The number of esters is 1. The van der Waals surface area contributed by atoms with Crippen LogP contribution in [0.15, 0.2) is 18.3 Å². The molecule has 1 heterocycles. The van der Waals surface area contributed by atoms with E-state index in [1.807, 2.05) is 0 Å². The summed E-state index contributed by atoms with van der Waals surface area (Å²) >= 11 is 0. The number of aromatic nitrogens is 1. The molecule has 0 saturated carbocycles. The molecule has 19 heavy (non-hydrogen) atoms. The van der Waals surface area contributed by atoms with Gasteiger partial charge in [0.25, 0.3) is 5.91 Å². The first-order valence-corrected chi connectivity index (χ1v) is 6.03. The maximum atomic E-state index is 11.9. The van der Waals surface area contributed by atoms with Crippen molar-refractivity contribution >= 4 is 11.9 Å². The van der Waals surface area contributed by atoms with Crippen LogP contribution in [-0.2, 0) is 9.53 Å². The first kappa shape index (κ1) is 14.9. The number of methoxy groups -OCH3 is 2. The van der Waals surface area contributed by atoms with Gasteiger partial charge in [-0.15, -0.1) is 0 Å². The number of amides is 1. The minimum Gasteiger partial charge on any atom is -0.480 e. The van der Waals surface area contributed by atoms with Crippen LogP contribution in [0, 0.1) is 0 Å². The molecule has 0 aromatic carbocycles. The van der Waals surface area contributed by atoms with Crippen LogP contribution in [0.3, 0.4) is 0 Å².